The maximum atomic E-state index is 14.0. The molecule has 38 heavy (non-hydrogen) atoms. The second kappa shape index (κ2) is 10.3. The van der Waals surface area contributed by atoms with Crippen LogP contribution in [-0.2, 0) is 10.9 Å². The van der Waals surface area contributed by atoms with Crippen molar-refractivity contribution in [1.82, 2.24) is 15.5 Å². The Kier molecular flexibility index (Phi) is 7.31. The predicted molar refractivity (Wildman–Crippen MR) is 138 cm³/mol. The van der Waals surface area contributed by atoms with Gasteiger partial charge >= 0.3 is 12.3 Å². The van der Waals surface area contributed by atoms with Gasteiger partial charge in [0, 0.05) is 11.1 Å². The summed E-state index contributed by atoms with van der Waals surface area (Å²) >= 11 is 0. The topological polar surface area (TPSA) is 77.2 Å². The fraction of sp³-hybridized carbons (Fsp3) is 0.276. The van der Waals surface area contributed by atoms with Crippen LogP contribution in [0, 0.1) is 6.92 Å². The molecule has 1 atom stereocenters. The molecular formula is C29H28F3N3O3. The minimum atomic E-state index is -4.57. The van der Waals surface area contributed by atoms with Gasteiger partial charge in [-0.25, -0.2) is 4.79 Å². The van der Waals surface area contributed by atoms with Gasteiger partial charge in [-0.15, -0.1) is 0 Å². The Labute approximate surface area is 218 Å². The van der Waals surface area contributed by atoms with Crippen molar-refractivity contribution in [1.29, 1.82) is 0 Å². The molecule has 4 rings (SSSR count). The molecule has 4 aromatic rings. The van der Waals surface area contributed by atoms with E-state index in [1.807, 2.05) is 6.92 Å². The number of rotatable bonds is 5. The second-order valence-electron chi connectivity index (χ2n) is 9.99. The lowest BCUT2D eigenvalue weighted by atomic mass is 9.94. The van der Waals surface area contributed by atoms with Crippen LogP contribution in [0.3, 0.4) is 0 Å². The number of aryl methyl sites for hydroxylation is 1. The van der Waals surface area contributed by atoms with Gasteiger partial charge in [0.25, 0.3) is 5.89 Å². The lowest BCUT2D eigenvalue weighted by molar-refractivity contribution is -0.137. The lowest BCUT2D eigenvalue weighted by Gasteiger charge is -2.22. The van der Waals surface area contributed by atoms with Crippen molar-refractivity contribution in [3.05, 3.63) is 83.4 Å². The monoisotopic (exact) mass is 523 g/mol. The second-order valence-corrected chi connectivity index (χ2v) is 9.99. The van der Waals surface area contributed by atoms with Crippen LogP contribution in [0.1, 0.15) is 50.4 Å². The van der Waals surface area contributed by atoms with Crippen LogP contribution in [-0.4, -0.2) is 21.8 Å². The van der Waals surface area contributed by atoms with Crippen LogP contribution in [0.15, 0.2) is 71.3 Å². The van der Waals surface area contributed by atoms with E-state index in [1.165, 1.54) is 6.07 Å². The van der Waals surface area contributed by atoms with E-state index in [4.69, 9.17) is 9.26 Å². The quantitative estimate of drug-likeness (QED) is 0.287. The highest BCUT2D eigenvalue weighted by Crippen LogP contribution is 2.40. The number of nitrogens with zero attached hydrogens (tertiary/aromatic N) is 2. The molecule has 1 aromatic heterocycles. The van der Waals surface area contributed by atoms with E-state index >= 15 is 0 Å². The van der Waals surface area contributed by atoms with E-state index in [1.54, 1.807) is 82.3 Å². The number of halogens is 3. The van der Waals surface area contributed by atoms with Gasteiger partial charge in [-0.3, -0.25) is 0 Å². The van der Waals surface area contributed by atoms with Gasteiger partial charge < -0.3 is 14.6 Å². The molecule has 0 aliphatic rings. The number of hydrogen-bond donors (Lipinski definition) is 1. The zero-order chi connectivity index (χ0) is 27.7. The number of nitrogens with one attached hydrogen (secondary N) is 1. The number of amides is 1. The number of benzene rings is 3. The van der Waals surface area contributed by atoms with Crippen LogP contribution >= 0.6 is 0 Å². The van der Waals surface area contributed by atoms with Gasteiger partial charge in [0.15, 0.2) is 0 Å². The summed E-state index contributed by atoms with van der Waals surface area (Å²) in [6, 6.07) is 17.7. The molecular weight excluding hydrogens is 495 g/mol. The Balaban J connectivity index is 1.56. The summed E-state index contributed by atoms with van der Waals surface area (Å²) < 4.78 is 52.6. The number of aromatic nitrogens is 2. The maximum Gasteiger partial charge on any atom is 0.417 e. The highest BCUT2D eigenvalue weighted by molar-refractivity contribution is 5.74. The van der Waals surface area contributed by atoms with E-state index in [2.05, 4.69) is 15.5 Å². The fourth-order valence-electron chi connectivity index (χ4n) is 3.97. The summed E-state index contributed by atoms with van der Waals surface area (Å²) in [5, 5.41) is 6.73. The smallest absolute Gasteiger partial charge is 0.417 e. The first-order chi connectivity index (χ1) is 17.8. The largest absolute Gasteiger partial charge is 0.444 e. The number of alkyl halides is 3. The molecule has 9 heteroatoms. The summed E-state index contributed by atoms with van der Waals surface area (Å²) in [6.45, 7) is 8.95. The average Bonchev–Trinajstić information content (AvgIpc) is 3.33. The molecule has 1 N–H and O–H groups in total. The Morgan fingerprint density at radius 2 is 1.61 bits per heavy atom. The third kappa shape index (κ3) is 6.22. The third-order valence-electron chi connectivity index (χ3n) is 5.84. The Bertz CT molecular complexity index is 1440. The summed E-state index contributed by atoms with van der Waals surface area (Å²) in [5.41, 5.74) is 1.55. The molecule has 1 heterocycles. The third-order valence-corrected chi connectivity index (χ3v) is 5.84. The van der Waals surface area contributed by atoms with Crippen molar-refractivity contribution < 1.29 is 27.2 Å². The SMILES string of the molecule is Cc1ccccc1-c1ccc(-c2nc(-c3ccc([C@@H](C)NC(=O)OC(C)(C)C)cc3)no2)cc1C(F)(F)F. The zero-order valence-corrected chi connectivity index (χ0v) is 21.7. The number of hydrogen-bond acceptors (Lipinski definition) is 5. The van der Waals surface area contributed by atoms with Crippen molar-refractivity contribution >= 4 is 6.09 Å². The molecule has 0 spiro atoms. The van der Waals surface area contributed by atoms with Crippen molar-refractivity contribution in [3.63, 3.8) is 0 Å². The molecule has 0 aliphatic heterocycles. The Hall–Kier alpha value is -4.14. The summed E-state index contributed by atoms with van der Waals surface area (Å²) in [7, 11) is 0. The molecule has 0 fully saturated rings. The standard InChI is InChI=1S/C29H28F3N3O3/c1-17-8-6-7-9-22(17)23-15-14-21(16-24(23)29(30,31)32)26-34-25(35-38-26)20-12-10-19(11-13-20)18(2)33-27(36)37-28(3,4)5/h6-16,18H,1-5H3,(H,33,36)/t18-/m1/s1. The zero-order valence-electron chi connectivity index (χ0n) is 21.7. The normalized spacial score (nSPS) is 12.7. The highest BCUT2D eigenvalue weighted by atomic mass is 19.4. The van der Waals surface area contributed by atoms with Gasteiger partial charge in [-0.2, -0.15) is 18.2 Å². The van der Waals surface area contributed by atoms with Gasteiger partial charge in [0.2, 0.25) is 5.82 Å². The number of carbonyl (C=O) groups is 1. The van der Waals surface area contributed by atoms with Gasteiger partial charge in [-0.05, 0) is 69.0 Å². The van der Waals surface area contributed by atoms with Crippen molar-refractivity contribution in [2.75, 3.05) is 0 Å². The Morgan fingerprint density at radius 3 is 2.24 bits per heavy atom. The first-order valence-electron chi connectivity index (χ1n) is 12.0. The minimum Gasteiger partial charge on any atom is -0.444 e. The van der Waals surface area contributed by atoms with Gasteiger partial charge in [-0.1, -0.05) is 59.8 Å². The minimum absolute atomic E-state index is 0.0223. The van der Waals surface area contributed by atoms with Crippen LogP contribution in [0.25, 0.3) is 34.0 Å². The molecule has 0 saturated heterocycles. The van der Waals surface area contributed by atoms with Crippen molar-refractivity contribution in [3.8, 4) is 34.0 Å². The van der Waals surface area contributed by atoms with Crippen molar-refractivity contribution in [2.45, 2.75) is 52.4 Å². The molecule has 0 radical (unpaired) electrons. The molecule has 0 saturated carbocycles. The molecule has 0 bridgehead atoms. The van der Waals surface area contributed by atoms with Crippen molar-refractivity contribution in [2.24, 2.45) is 0 Å². The number of carbonyl (C=O) groups excluding carboxylic acids is 1. The maximum absolute atomic E-state index is 14.0. The molecule has 198 valence electrons. The van der Waals surface area contributed by atoms with E-state index < -0.39 is 23.4 Å². The van der Waals surface area contributed by atoms with Crippen LogP contribution in [0.2, 0.25) is 0 Å². The van der Waals surface area contributed by atoms with E-state index in [-0.39, 0.29) is 28.9 Å². The van der Waals surface area contributed by atoms with Gasteiger partial charge in [0.05, 0.1) is 11.6 Å². The molecule has 0 aliphatic carbocycles. The van der Waals surface area contributed by atoms with Crippen LogP contribution in [0.5, 0.6) is 0 Å². The first-order valence-corrected chi connectivity index (χ1v) is 12.0. The van der Waals surface area contributed by atoms with Crippen LogP contribution in [0.4, 0.5) is 18.0 Å². The number of ether oxygens (including phenoxy) is 1. The predicted octanol–water partition coefficient (Wildman–Crippen LogP) is 7.98. The molecule has 0 unspecified atom stereocenters. The van der Waals surface area contributed by atoms with Crippen LogP contribution < -0.4 is 5.32 Å². The highest BCUT2D eigenvalue weighted by Gasteiger charge is 2.34. The molecule has 6 nitrogen and oxygen atoms in total. The van der Waals surface area contributed by atoms with E-state index in [0.29, 0.717) is 11.1 Å². The average molecular weight is 524 g/mol. The Morgan fingerprint density at radius 1 is 0.947 bits per heavy atom. The van der Waals surface area contributed by atoms with Gasteiger partial charge in [0.1, 0.15) is 5.60 Å². The summed E-state index contributed by atoms with van der Waals surface area (Å²) in [5.74, 6) is 0.210. The molecule has 1 amide bonds. The summed E-state index contributed by atoms with van der Waals surface area (Å²) in [4.78, 5) is 16.4. The first kappa shape index (κ1) is 26.9. The lowest BCUT2D eigenvalue weighted by Crippen LogP contribution is -2.34. The fourth-order valence-corrected chi connectivity index (χ4v) is 3.97. The molecule has 3 aromatic carbocycles. The van der Waals surface area contributed by atoms with E-state index in [9.17, 15) is 18.0 Å². The summed E-state index contributed by atoms with van der Waals surface area (Å²) in [6.07, 6.45) is -5.10. The van der Waals surface area contributed by atoms with E-state index in [0.717, 1.165) is 17.2 Å². The number of alkyl carbamates (subject to hydrolysis) is 1.